The number of anilines is 1. The number of aromatic nitrogens is 1. The van der Waals surface area contributed by atoms with Gasteiger partial charge in [-0.15, -0.1) is 0 Å². The number of carbonyl (C=O) groups excluding carboxylic acids is 1. The molecular formula is C26H34N4O2. The number of amides is 1. The van der Waals surface area contributed by atoms with Gasteiger partial charge in [0.1, 0.15) is 0 Å². The zero-order chi connectivity index (χ0) is 22.0. The summed E-state index contributed by atoms with van der Waals surface area (Å²) in [5, 5.41) is 0. The number of nitrogens with zero attached hydrogens (tertiary/aromatic N) is 4. The molecule has 1 spiro atoms. The Kier molecular flexibility index (Phi) is 6.15. The summed E-state index contributed by atoms with van der Waals surface area (Å²) in [7, 11) is 0. The van der Waals surface area contributed by atoms with E-state index in [4.69, 9.17) is 4.74 Å². The van der Waals surface area contributed by atoms with Crippen molar-refractivity contribution in [1.82, 2.24) is 14.8 Å². The van der Waals surface area contributed by atoms with Crippen molar-refractivity contribution in [2.24, 2.45) is 0 Å². The molecule has 2 aromatic rings. The third-order valence-electron chi connectivity index (χ3n) is 7.62. The van der Waals surface area contributed by atoms with Crippen molar-refractivity contribution in [3.05, 3.63) is 59.9 Å². The normalized spacial score (nSPS) is 24.0. The number of rotatable bonds is 3. The van der Waals surface area contributed by atoms with E-state index in [2.05, 4.69) is 45.1 Å². The van der Waals surface area contributed by atoms with E-state index in [9.17, 15) is 4.79 Å². The molecule has 3 aliphatic rings. The van der Waals surface area contributed by atoms with Crippen LogP contribution in [0.2, 0.25) is 0 Å². The third kappa shape index (κ3) is 4.39. The van der Waals surface area contributed by atoms with E-state index in [0.717, 1.165) is 82.8 Å². The minimum atomic E-state index is -0.0692. The van der Waals surface area contributed by atoms with Crippen molar-refractivity contribution in [2.45, 2.75) is 44.2 Å². The molecule has 5 rings (SSSR count). The number of likely N-dealkylation sites (tertiary alicyclic amines) is 1. The predicted octanol–water partition coefficient (Wildman–Crippen LogP) is 3.37. The number of benzene rings is 1. The first-order chi connectivity index (χ1) is 15.6. The Morgan fingerprint density at radius 2 is 1.75 bits per heavy atom. The molecule has 1 amide bonds. The Balaban J connectivity index is 1.16. The van der Waals surface area contributed by atoms with Crippen LogP contribution in [0.3, 0.4) is 0 Å². The molecule has 3 saturated heterocycles. The summed E-state index contributed by atoms with van der Waals surface area (Å²) in [5.41, 5.74) is 2.79. The molecule has 4 heterocycles. The number of piperidine rings is 1. The third-order valence-corrected chi connectivity index (χ3v) is 7.62. The van der Waals surface area contributed by atoms with Gasteiger partial charge in [0.05, 0.1) is 11.2 Å². The van der Waals surface area contributed by atoms with E-state index in [-0.39, 0.29) is 11.5 Å². The summed E-state index contributed by atoms with van der Waals surface area (Å²) in [4.78, 5) is 24.4. The van der Waals surface area contributed by atoms with Crippen molar-refractivity contribution in [1.29, 1.82) is 0 Å². The smallest absolute Gasteiger partial charge is 0.255 e. The maximum absolute atomic E-state index is 13.0. The molecule has 6 nitrogen and oxygen atoms in total. The lowest BCUT2D eigenvalue weighted by molar-refractivity contribution is -0.130. The summed E-state index contributed by atoms with van der Waals surface area (Å²) in [6.45, 7) is 8.66. The molecule has 3 fully saturated rings. The number of carbonyl (C=O) groups is 1. The molecule has 0 saturated carbocycles. The van der Waals surface area contributed by atoms with Crippen molar-refractivity contribution < 1.29 is 9.53 Å². The monoisotopic (exact) mass is 434 g/mol. The molecule has 1 aromatic heterocycles. The van der Waals surface area contributed by atoms with Gasteiger partial charge in [-0.1, -0.05) is 18.2 Å². The standard InChI is InChI=1S/C26H34N4O2/c1-21-24(8-5-12-27-21)25(31)30-13-10-26(11-14-30)20-23(9-19-32-26)29-17-15-28(16-18-29)22-6-3-2-4-7-22/h2-8,12,23H,9-11,13-20H2,1H3/t23-/m0/s1. The minimum absolute atomic E-state index is 0.0692. The molecule has 0 aliphatic carbocycles. The van der Waals surface area contributed by atoms with Gasteiger partial charge in [-0.3, -0.25) is 14.7 Å². The van der Waals surface area contributed by atoms with Crippen molar-refractivity contribution in [3.8, 4) is 0 Å². The summed E-state index contributed by atoms with van der Waals surface area (Å²) < 4.78 is 6.39. The van der Waals surface area contributed by atoms with Gasteiger partial charge in [0.15, 0.2) is 0 Å². The Labute approximate surface area is 191 Å². The first-order valence-electron chi connectivity index (χ1n) is 12.0. The van der Waals surface area contributed by atoms with Crippen LogP contribution in [0.25, 0.3) is 0 Å². The Morgan fingerprint density at radius 1 is 1.00 bits per heavy atom. The summed E-state index contributed by atoms with van der Waals surface area (Å²) >= 11 is 0. The fourth-order valence-corrected chi connectivity index (χ4v) is 5.64. The zero-order valence-corrected chi connectivity index (χ0v) is 19.1. The molecule has 170 valence electrons. The Morgan fingerprint density at radius 3 is 2.47 bits per heavy atom. The highest BCUT2D eigenvalue weighted by molar-refractivity contribution is 5.95. The van der Waals surface area contributed by atoms with Gasteiger partial charge in [-0.25, -0.2) is 0 Å². The summed E-state index contributed by atoms with van der Waals surface area (Å²) in [6, 6.07) is 15.1. The van der Waals surface area contributed by atoms with Gasteiger partial charge in [-0.2, -0.15) is 0 Å². The topological polar surface area (TPSA) is 48.9 Å². The highest BCUT2D eigenvalue weighted by atomic mass is 16.5. The number of hydrogen-bond donors (Lipinski definition) is 0. The average Bonchev–Trinajstić information content (AvgIpc) is 2.85. The quantitative estimate of drug-likeness (QED) is 0.741. The minimum Gasteiger partial charge on any atom is -0.375 e. The van der Waals surface area contributed by atoms with Crippen LogP contribution in [0, 0.1) is 6.92 Å². The van der Waals surface area contributed by atoms with Gasteiger partial charge in [0.25, 0.3) is 5.91 Å². The van der Waals surface area contributed by atoms with E-state index < -0.39 is 0 Å². The van der Waals surface area contributed by atoms with Crippen molar-refractivity contribution >= 4 is 11.6 Å². The highest BCUT2D eigenvalue weighted by Gasteiger charge is 2.43. The number of piperazine rings is 1. The van der Waals surface area contributed by atoms with Crippen LogP contribution in [-0.4, -0.2) is 78.2 Å². The van der Waals surface area contributed by atoms with Crippen molar-refractivity contribution in [2.75, 3.05) is 50.8 Å². The zero-order valence-electron chi connectivity index (χ0n) is 19.1. The maximum atomic E-state index is 13.0. The number of pyridine rings is 1. The van der Waals surface area contributed by atoms with Crippen LogP contribution in [0.4, 0.5) is 5.69 Å². The van der Waals surface area contributed by atoms with E-state index in [0.29, 0.717) is 6.04 Å². The molecule has 6 heteroatoms. The lowest BCUT2D eigenvalue weighted by atomic mass is 9.81. The predicted molar refractivity (Wildman–Crippen MR) is 126 cm³/mol. The maximum Gasteiger partial charge on any atom is 0.255 e. The first-order valence-corrected chi connectivity index (χ1v) is 12.0. The van der Waals surface area contributed by atoms with Crippen molar-refractivity contribution in [3.63, 3.8) is 0 Å². The molecule has 32 heavy (non-hydrogen) atoms. The molecule has 0 bridgehead atoms. The lowest BCUT2D eigenvalue weighted by Gasteiger charge is -2.50. The number of ether oxygens (including phenoxy) is 1. The van der Waals surface area contributed by atoms with Gasteiger partial charge in [0.2, 0.25) is 0 Å². The van der Waals surface area contributed by atoms with E-state index in [1.165, 1.54) is 5.69 Å². The van der Waals surface area contributed by atoms with Gasteiger partial charge in [-0.05, 0) is 56.9 Å². The summed E-state index contributed by atoms with van der Waals surface area (Å²) in [5.74, 6) is 0.106. The molecule has 1 atom stereocenters. The van der Waals surface area contributed by atoms with E-state index in [1.807, 2.05) is 24.0 Å². The largest absolute Gasteiger partial charge is 0.375 e. The van der Waals surface area contributed by atoms with Crippen LogP contribution in [-0.2, 0) is 4.74 Å². The lowest BCUT2D eigenvalue weighted by Crippen LogP contribution is -2.57. The Bertz CT molecular complexity index is 918. The van der Waals surface area contributed by atoms with Crippen LogP contribution in [0.5, 0.6) is 0 Å². The second-order valence-corrected chi connectivity index (χ2v) is 9.47. The fourth-order valence-electron chi connectivity index (χ4n) is 5.64. The molecule has 0 unspecified atom stereocenters. The second-order valence-electron chi connectivity index (χ2n) is 9.47. The van der Waals surface area contributed by atoms with Crippen LogP contribution in [0.1, 0.15) is 41.7 Å². The highest BCUT2D eigenvalue weighted by Crippen LogP contribution is 2.37. The Hall–Kier alpha value is -2.44. The second kappa shape index (κ2) is 9.20. The SMILES string of the molecule is Cc1ncccc1C(=O)N1CCC2(CC1)C[C@@H](N1CCN(c3ccccc3)CC1)CCO2. The fraction of sp³-hybridized carbons (Fsp3) is 0.538. The first kappa shape index (κ1) is 21.4. The number of hydrogen-bond acceptors (Lipinski definition) is 5. The summed E-state index contributed by atoms with van der Waals surface area (Å²) in [6.07, 6.45) is 5.81. The molecule has 0 N–H and O–H groups in total. The average molecular weight is 435 g/mol. The van der Waals surface area contributed by atoms with Gasteiger partial charge < -0.3 is 14.5 Å². The van der Waals surface area contributed by atoms with E-state index in [1.54, 1.807) is 6.20 Å². The number of aryl methyl sites for hydroxylation is 1. The molecule has 0 radical (unpaired) electrons. The van der Waals surface area contributed by atoms with Crippen LogP contribution >= 0.6 is 0 Å². The molecule has 3 aliphatic heterocycles. The number of para-hydroxylation sites is 1. The van der Waals surface area contributed by atoms with Gasteiger partial charge in [0, 0.05) is 69.5 Å². The van der Waals surface area contributed by atoms with Crippen LogP contribution < -0.4 is 4.90 Å². The van der Waals surface area contributed by atoms with Crippen LogP contribution in [0.15, 0.2) is 48.7 Å². The molecular weight excluding hydrogens is 400 g/mol. The molecule has 1 aromatic carbocycles. The van der Waals surface area contributed by atoms with E-state index >= 15 is 0 Å². The van der Waals surface area contributed by atoms with Gasteiger partial charge >= 0.3 is 0 Å².